The molecule has 2 aliphatic rings. The molecule has 1 N–H and O–H groups in total. The third kappa shape index (κ3) is 2.82. The Labute approximate surface area is 112 Å². The molecule has 0 bridgehead atoms. The van der Waals surface area contributed by atoms with Gasteiger partial charge in [-0.15, -0.1) is 0 Å². The normalized spacial score (nSPS) is 26.6. The molecule has 2 heterocycles. The maximum Gasteiger partial charge on any atom is 0.341 e. The average molecular weight is 265 g/mol. The molecule has 5 nitrogen and oxygen atoms in total. The summed E-state index contributed by atoms with van der Waals surface area (Å²) >= 11 is 0. The number of carbonyl (C=O) groups is 1. The Bertz CT molecular complexity index is 452. The fraction of sp³-hybridized carbons (Fsp3) is 0.643. The van der Waals surface area contributed by atoms with Gasteiger partial charge in [-0.3, -0.25) is 0 Å². The molecule has 1 aromatic heterocycles. The van der Waals surface area contributed by atoms with Gasteiger partial charge in [-0.25, -0.2) is 4.79 Å². The first kappa shape index (κ1) is 12.7. The third-order valence-electron chi connectivity index (χ3n) is 3.84. The highest BCUT2D eigenvalue weighted by atomic mass is 16.5. The van der Waals surface area contributed by atoms with Gasteiger partial charge in [0.1, 0.15) is 12.0 Å². The number of hydrogen-bond donors (Lipinski definition) is 1. The monoisotopic (exact) mass is 265 g/mol. The van der Waals surface area contributed by atoms with E-state index in [1.54, 1.807) is 6.07 Å². The van der Waals surface area contributed by atoms with Crippen molar-refractivity contribution in [1.29, 1.82) is 0 Å². The molecule has 104 valence electrons. The number of ether oxygens (including phenoxy) is 2. The van der Waals surface area contributed by atoms with Crippen LogP contribution in [0.4, 0.5) is 0 Å². The summed E-state index contributed by atoms with van der Waals surface area (Å²) in [6, 6.07) is 2.13. The topological polar surface area (TPSA) is 60.7 Å². The van der Waals surface area contributed by atoms with Gasteiger partial charge >= 0.3 is 5.97 Å². The highest BCUT2D eigenvalue weighted by molar-refractivity contribution is 5.88. The highest BCUT2D eigenvalue weighted by Gasteiger charge is 2.40. The van der Waals surface area contributed by atoms with Gasteiger partial charge in [-0.1, -0.05) is 0 Å². The van der Waals surface area contributed by atoms with Crippen LogP contribution in [0, 0.1) is 5.92 Å². The van der Waals surface area contributed by atoms with Crippen molar-refractivity contribution in [1.82, 2.24) is 5.32 Å². The lowest BCUT2D eigenvalue weighted by Crippen LogP contribution is -2.37. The zero-order chi connectivity index (χ0) is 13.2. The van der Waals surface area contributed by atoms with E-state index in [-0.39, 0.29) is 5.97 Å². The lowest BCUT2D eigenvalue weighted by Gasteiger charge is -2.18. The number of furan rings is 1. The Morgan fingerprint density at radius 2 is 2.32 bits per heavy atom. The van der Waals surface area contributed by atoms with E-state index in [0.717, 1.165) is 24.7 Å². The molecule has 1 saturated carbocycles. The molecule has 0 aromatic carbocycles. The van der Waals surface area contributed by atoms with Crippen molar-refractivity contribution in [3.8, 4) is 0 Å². The largest absolute Gasteiger partial charge is 0.467 e. The molecular weight excluding hydrogens is 246 g/mol. The van der Waals surface area contributed by atoms with E-state index in [4.69, 9.17) is 9.15 Å². The summed E-state index contributed by atoms with van der Waals surface area (Å²) in [4.78, 5) is 11.3. The van der Waals surface area contributed by atoms with Gasteiger partial charge in [-0.05, 0) is 31.2 Å². The second-order valence-corrected chi connectivity index (χ2v) is 5.24. The first-order valence-electron chi connectivity index (χ1n) is 6.78. The summed E-state index contributed by atoms with van der Waals surface area (Å²) in [5.41, 5.74) is 0.459. The molecule has 2 fully saturated rings. The van der Waals surface area contributed by atoms with Crippen LogP contribution in [-0.2, 0) is 16.0 Å². The summed E-state index contributed by atoms with van der Waals surface area (Å²) in [5.74, 6) is 1.12. The van der Waals surface area contributed by atoms with Crippen molar-refractivity contribution in [2.75, 3.05) is 13.7 Å². The Morgan fingerprint density at radius 1 is 1.47 bits per heavy atom. The van der Waals surface area contributed by atoms with Crippen LogP contribution in [0.3, 0.4) is 0 Å². The highest BCUT2D eigenvalue weighted by Crippen LogP contribution is 2.38. The van der Waals surface area contributed by atoms with Gasteiger partial charge in [0.15, 0.2) is 0 Å². The molecule has 0 spiro atoms. The predicted molar refractivity (Wildman–Crippen MR) is 67.8 cm³/mol. The van der Waals surface area contributed by atoms with Crippen LogP contribution >= 0.6 is 0 Å². The first-order valence-corrected chi connectivity index (χ1v) is 6.78. The van der Waals surface area contributed by atoms with Crippen LogP contribution < -0.4 is 5.32 Å². The maximum absolute atomic E-state index is 11.3. The summed E-state index contributed by atoms with van der Waals surface area (Å²) < 4.78 is 15.8. The van der Waals surface area contributed by atoms with Crippen molar-refractivity contribution in [2.45, 2.75) is 38.0 Å². The molecule has 2 unspecified atom stereocenters. The molecular formula is C14H19NO4. The van der Waals surface area contributed by atoms with E-state index in [0.29, 0.717) is 24.3 Å². The van der Waals surface area contributed by atoms with Gasteiger partial charge in [0.25, 0.3) is 0 Å². The van der Waals surface area contributed by atoms with E-state index in [2.05, 4.69) is 10.1 Å². The quantitative estimate of drug-likeness (QED) is 0.821. The minimum Gasteiger partial charge on any atom is -0.467 e. The Hall–Kier alpha value is -1.33. The summed E-state index contributed by atoms with van der Waals surface area (Å²) in [5, 5.41) is 3.47. The minimum absolute atomic E-state index is 0.357. The first-order chi connectivity index (χ1) is 9.28. The number of nitrogens with one attached hydrogen (secondary N) is 1. The zero-order valence-corrected chi connectivity index (χ0v) is 11.1. The van der Waals surface area contributed by atoms with Crippen LogP contribution in [0.2, 0.25) is 0 Å². The third-order valence-corrected chi connectivity index (χ3v) is 3.84. The summed E-state index contributed by atoms with van der Waals surface area (Å²) in [6.07, 6.45) is 5.42. The molecule has 1 aliphatic carbocycles. The standard InChI is InChI=1S/C14H19NO4/c1-17-14(16)10-6-11(19-8-10)7-15-12-4-5-18-13(12)9-2-3-9/h6,8-9,12-13,15H,2-5,7H2,1H3. The van der Waals surface area contributed by atoms with E-state index in [1.165, 1.54) is 26.2 Å². The number of carbonyl (C=O) groups excluding carboxylic acids is 1. The second kappa shape index (κ2) is 5.35. The van der Waals surface area contributed by atoms with E-state index < -0.39 is 0 Å². The number of rotatable bonds is 5. The zero-order valence-electron chi connectivity index (χ0n) is 11.1. The molecule has 0 amide bonds. The Balaban J connectivity index is 1.54. The van der Waals surface area contributed by atoms with E-state index in [9.17, 15) is 4.79 Å². The van der Waals surface area contributed by atoms with Crippen LogP contribution in [0.1, 0.15) is 35.4 Å². The van der Waals surface area contributed by atoms with Crippen LogP contribution in [0.25, 0.3) is 0 Å². The summed E-state index contributed by atoms with van der Waals surface area (Å²) in [7, 11) is 1.36. The van der Waals surface area contributed by atoms with Crippen LogP contribution in [0.5, 0.6) is 0 Å². The average Bonchev–Trinajstić information content (AvgIpc) is 2.99. The molecule has 2 atom stereocenters. The Morgan fingerprint density at radius 3 is 3.05 bits per heavy atom. The lowest BCUT2D eigenvalue weighted by molar-refractivity contribution is 0.0600. The van der Waals surface area contributed by atoms with E-state index in [1.807, 2.05) is 0 Å². The lowest BCUT2D eigenvalue weighted by atomic mass is 10.1. The van der Waals surface area contributed by atoms with Crippen molar-refractivity contribution in [3.63, 3.8) is 0 Å². The fourth-order valence-electron chi connectivity index (χ4n) is 2.65. The van der Waals surface area contributed by atoms with Crippen LogP contribution in [-0.4, -0.2) is 31.8 Å². The molecule has 19 heavy (non-hydrogen) atoms. The van der Waals surface area contributed by atoms with E-state index >= 15 is 0 Å². The van der Waals surface area contributed by atoms with Crippen molar-refractivity contribution in [2.24, 2.45) is 5.92 Å². The molecule has 3 rings (SSSR count). The number of methoxy groups -OCH3 is 1. The summed E-state index contributed by atoms with van der Waals surface area (Å²) in [6.45, 7) is 1.46. The molecule has 5 heteroatoms. The van der Waals surface area contributed by atoms with Crippen LogP contribution in [0.15, 0.2) is 16.7 Å². The van der Waals surface area contributed by atoms with Crippen molar-refractivity contribution in [3.05, 3.63) is 23.7 Å². The van der Waals surface area contributed by atoms with Gasteiger partial charge in [-0.2, -0.15) is 0 Å². The maximum atomic E-state index is 11.3. The minimum atomic E-state index is -0.366. The van der Waals surface area contributed by atoms with Gasteiger partial charge in [0, 0.05) is 12.6 Å². The smallest absolute Gasteiger partial charge is 0.341 e. The van der Waals surface area contributed by atoms with Gasteiger partial charge in [0.2, 0.25) is 0 Å². The van der Waals surface area contributed by atoms with Crippen molar-refractivity contribution < 1.29 is 18.7 Å². The second-order valence-electron chi connectivity index (χ2n) is 5.24. The fourth-order valence-corrected chi connectivity index (χ4v) is 2.65. The Kier molecular flexibility index (Phi) is 3.57. The van der Waals surface area contributed by atoms with Crippen molar-refractivity contribution >= 4 is 5.97 Å². The molecule has 1 aliphatic heterocycles. The molecule has 1 saturated heterocycles. The van der Waals surface area contributed by atoms with Gasteiger partial charge in [0.05, 0.1) is 25.3 Å². The molecule has 0 radical (unpaired) electrons. The number of hydrogen-bond acceptors (Lipinski definition) is 5. The number of esters is 1. The molecule has 1 aromatic rings. The predicted octanol–water partition coefficient (Wildman–Crippen LogP) is 1.72. The van der Waals surface area contributed by atoms with Gasteiger partial charge < -0.3 is 19.2 Å². The SMILES string of the molecule is COC(=O)c1coc(CNC2CCOC2C2CC2)c1.